The lowest BCUT2D eigenvalue weighted by Gasteiger charge is -2.23. The molecule has 1 amide bonds. The fourth-order valence-electron chi connectivity index (χ4n) is 3.57. The first kappa shape index (κ1) is 26.7. The van der Waals surface area contributed by atoms with Crippen molar-refractivity contribution in [3.8, 4) is 11.5 Å². The molecule has 3 aromatic carbocycles. The van der Waals surface area contributed by atoms with Crippen LogP contribution in [0.4, 0.5) is 16.5 Å². The number of benzene rings is 3. The molecule has 1 aromatic heterocycles. The highest BCUT2D eigenvalue weighted by Gasteiger charge is 2.17. The summed E-state index contributed by atoms with van der Waals surface area (Å²) in [5, 5.41) is 15.3. The normalized spacial score (nSPS) is 11.3. The third-order valence-corrected chi connectivity index (χ3v) is 8.44. The summed E-state index contributed by atoms with van der Waals surface area (Å²) in [6.45, 7) is 10.8. The van der Waals surface area contributed by atoms with Gasteiger partial charge < -0.3 is 15.4 Å². The Morgan fingerprint density at radius 2 is 1.65 bits per heavy atom. The molecule has 6 nitrogen and oxygen atoms in total. The van der Waals surface area contributed by atoms with E-state index in [4.69, 9.17) is 4.74 Å². The van der Waals surface area contributed by atoms with E-state index in [2.05, 4.69) is 73.6 Å². The van der Waals surface area contributed by atoms with Crippen LogP contribution in [-0.2, 0) is 10.2 Å². The molecule has 192 valence electrons. The van der Waals surface area contributed by atoms with Crippen LogP contribution in [0.25, 0.3) is 0 Å². The van der Waals surface area contributed by atoms with E-state index in [0.717, 1.165) is 22.2 Å². The van der Waals surface area contributed by atoms with Crippen molar-refractivity contribution in [2.24, 2.45) is 0 Å². The second kappa shape index (κ2) is 11.8. The molecule has 0 radical (unpaired) electrons. The van der Waals surface area contributed by atoms with Crippen molar-refractivity contribution in [2.45, 2.75) is 50.8 Å². The molecule has 0 aliphatic rings. The summed E-state index contributed by atoms with van der Waals surface area (Å²) in [5.41, 5.74) is 5.55. The molecular weight excluding hydrogens is 500 g/mol. The van der Waals surface area contributed by atoms with Gasteiger partial charge in [0.15, 0.2) is 4.34 Å². The monoisotopic (exact) mass is 532 g/mol. The maximum absolute atomic E-state index is 12.5. The molecular formula is C29H32N4O2S2. The summed E-state index contributed by atoms with van der Waals surface area (Å²) >= 11 is 2.79. The van der Waals surface area contributed by atoms with Crippen molar-refractivity contribution in [3.63, 3.8) is 0 Å². The topological polar surface area (TPSA) is 76.1 Å². The predicted molar refractivity (Wildman–Crippen MR) is 155 cm³/mol. The highest BCUT2D eigenvalue weighted by atomic mass is 32.2. The zero-order valence-electron chi connectivity index (χ0n) is 21.8. The molecule has 0 atom stereocenters. The van der Waals surface area contributed by atoms with Gasteiger partial charge >= 0.3 is 0 Å². The Hall–Kier alpha value is -3.36. The third kappa shape index (κ3) is 7.11. The van der Waals surface area contributed by atoms with Crippen molar-refractivity contribution in [1.29, 1.82) is 0 Å². The molecule has 2 N–H and O–H groups in total. The lowest BCUT2D eigenvalue weighted by molar-refractivity contribution is -0.113. The van der Waals surface area contributed by atoms with Crippen molar-refractivity contribution in [1.82, 2.24) is 10.2 Å². The summed E-state index contributed by atoms with van der Waals surface area (Å²) in [7, 11) is 0. The largest absolute Gasteiger partial charge is 0.457 e. The van der Waals surface area contributed by atoms with E-state index in [-0.39, 0.29) is 17.1 Å². The second-order valence-corrected chi connectivity index (χ2v) is 11.7. The van der Waals surface area contributed by atoms with Crippen LogP contribution < -0.4 is 15.4 Å². The van der Waals surface area contributed by atoms with E-state index in [1.54, 1.807) is 0 Å². The summed E-state index contributed by atoms with van der Waals surface area (Å²) < 4.78 is 6.70. The van der Waals surface area contributed by atoms with Crippen molar-refractivity contribution < 1.29 is 9.53 Å². The number of anilines is 3. The number of hydrogen-bond donors (Lipinski definition) is 2. The van der Waals surface area contributed by atoms with Crippen LogP contribution in [0.15, 0.2) is 71.1 Å². The number of ether oxygens (including phenoxy) is 1. The van der Waals surface area contributed by atoms with Gasteiger partial charge in [0.25, 0.3) is 0 Å². The minimum absolute atomic E-state index is 0.105. The molecule has 0 aliphatic carbocycles. The minimum atomic E-state index is -0.105. The summed E-state index contributed by atoms with van der Waals surface area (Å²) in [4.78, 5) is 12.5. The molecule has 0 aliphatic heterocycles. The number of nitrogens with one attached hydrogen (secondary N) is 2. The standard InChI is InChI=1S/C29H32N4O2S2/c1-6-29(4,5)21-10-14-23(15-11-21)35-24-16-12-22(13-17-24)30-26(34)18-36-28-33-32-27(37-28)31-25-9-7-8-19(2)20(25)3/h7-17H,6,18H2,1-5H3,(H,30,34)(H,31,32). The number of nitrogens with zero attached hydrogens (tertiary/aromatic N) is 2. The maximum Gasteiger partial charge on any atom is 0.234 e. The molecule has 37 heavy (non-hydrogen) atoms. The van der Waals surface area contributed by atoms with Crippen LogP contribution in [0.5, 0.6) is 11.5 Å². The number of carbonyl (C=O) groups excluding carboxylic acids is 1. The minimum Gasteiger partial charge on any atom is -0.457 e. The van der Waals surface area contributed by atoms with Gasteiger partial charge in [-0.2, -0.15) is 0 Å². The first-order valence-electron chi connectivity index (χ1n) is 12.2. The number of aryl methyl sites for hydroxylation is 1. The van der Waals surface area contributed by atoms with E-state index >= 15 is 0 Å². The molecule has 1 heterocycles. The SMILES string of the molecule is CCC(C)(C)c1ccc(Oc2ccc(NC(=O)CSc3nnc(Nc4cccc(C)c4C)s3)cc2)cc1. The average Bonchev–Trinajstić information content (AvgIpc) is 3.34. The number of carbonyl (C=O) groups is 1. The van der Waals surface area contributed by atoms with E-state index in [1.165, 1.54) is 39.8 Å². The molecule has 8 heteroatoms. The Kier molecular flexibility index (Phi) is 8.51. The van der Waals surface area contributed by atoms with Crippen LogP contribution in [0.1, 0.15) is 43.9 Å². The van der Waals surface area contributed by atoms with Crippen molar-refractivity contribution >= 4 is 45.5 Å². The van der Waals surface area contributed by atoms with Gasteiger partial charge in [-0.05, 0) is 84.8 Å². The van der Waals surface area contributed by atoms with Crippen LogP contribution in [-0.4, -0.2) is 21.9 Å². The van der Waals surface area contributed by atoms with Gasteiger partial charge in [0.1, 0.15) is 11.5 Å². The van der Waals surface area contributed by atoms with Gasteiger partial charge in [0, 0.05) is 11.4 Å². The van der Waals surface area contributed by atoms with E-state index in [9.17, 15) is 4.79 Å². The number of rotatable bonds is 10. The molecule has 4 aromatic rings. The highest BCUT2D eigenvalue weighted by Crippen LogP contribution is 2.31. The fraction of sp³-hybridized carbons (Fsp3) is 0.276. The van der Waals surface area contributed by atoms with E-state index in [1.807, 2.05) is 48.5 Å². The molecule has 4 rings (SSSR count). The first-order valence-corrected chi connectivity index (χ1v) is 14.0. The lowest BCUT2D eigenvalue weighted by atomic mass is 9.82. The Balaban J connectivity index is 1.26. The Labute approximate surface area is 226 Å². The molecule has 0 bridgehead atoms. The quantitative estimate of drug-likeness (QED) is 0.201. The second-order valence-electron chi connectivity index (χ2n) is 9.47. The average molecular weight is 533 g/mol. The Morgan fingerprint density at radius 1 is 0.973 bits per heavy atom. The van der Waals surface area contributed by atoms with Crippen LogP contribution >= 0.6 is 23.1 Å². The summed E-state index contributed by atoms with van der Waals surface area (Å²) in [6, 6.07) is 21.7. The van der Waals surface area contributed by atoms with E-state index in [0.29, 0.717) is 16.6 Å². The van der Waals surface area contributed by atoms with Gasteiger partial charge in [-0.1, -0.05) is 68.1 Å². The molecule has 0 unspecified atom stereocenters. The van der Waals surface area contributed by atoms with Crippen LogP contribution in [0.3, 0.4) is 0 Å². The molecule has 0 saturated carbocycles. The van der Waals surface area contributed by atoms with Crippen LogP contribution in [0, 0.1) is 13.8 Å². The van der Waals surface area contributed by atoms with E-state index < -0.39 is 0 Å². The van der Waals surface area contributed by atoms with Gasteiger partial charge in [-0.3, -0.25) is 4.79 Å². The third-order valence-electron chi connectivity index (χ3n) is 6.47. The van der Waals surface area contributed by atoms with Crippen LogP contribution in [0.2, 0.25) is 0 Å². The van der Waals surface area contributed by atoms with Crippen molar-refractivity contribution in [2.75, 3.05) is 16.4 Å². The Bertz CT molecular complexity index is 1350. The van der Waals surface area contributed by atoms with Gasteiger partial charge in [0.05, 0.1) is 5.75 Å². The number of aromatic nitrogens is 2. The zero-order valence-corrected chi connectivity index (χ0v) is 23.4. The lowest BCUT2D eigenvalue weighted by Crippen LogP contribution is -2.14. The predicted octanol–water partition coefficient (Wildman–Crippen LogP) is 8.11. The van der Waals surface area contributed by atoms with Gasteiger partial charge in [-0.25, -0.2) is 0 Å². The number of amides is 1. The molecule has 0 fully saturated rings. The number of hydrogen-bond acceptors (Lipinski definition) is 7. The highest BCUT2D eigenvalue weighted by molar-refractivity contribution is 8.01. The van der Waals surface area contributed by atoms with Gasteiger partial charge in [0.2, 0.25) is 11.0 Å². The molecule has 0 spiro atoms. The zero-order chi connectivity index (χ0) is 26.4. The first-order chi connectivity index (χ1) is 17.7. The summed E-state index contributed by atoms with van der Waals surface area (Å²) in [6.07, 6.45) is 1.07. The smallest absolute Gasteiger partial charge is 0.234 e. The molecule has 0 saturated heterocycles. The Morgan fingerprint density at radius 3 is 2.32 bits per heavy atom. The van der Waals surface area contributed by atoms with Crippen molar-refractivity contribution in [3.05, 3.63) is 83.4 Å². The maximum atomic E-state index is 12.5. The summed E-state index contributed by atoms with van der Waals surface area (Å²) in [5.74, 6) is 1.64. The van der Waals surface area contributed by atoms with Gasteiger partial charge in [-0.15, -0.1) is 10.2 Å². The fourth-order valence-corrected chi connectivity index (χ4v) is 5.13. The number of thioether (sulfide) groups is 1.